The van der Waals surface area contributed by atoms with Gasteiger partial charge in [-0.1, -0.05) is 12.1 Å². The van der Waals surface area contributed by atoms with Gasteiger partial charge in [-0.2, -0.15) is 0 Å². The van der Waals surface area contributed by atoms with E-state index in [1.165, 1.54) is 5.56 Å². The van der Waals surface area contributed by atoms with Crippen molar-refractivity contribution in [3.05, 3.63) is 48.5 Å². The lowest BCUT2D eigenvalue weighted by molar-refractivity contribution is -0.120. The number of amides is 1. The molecule has 2 aliphatic heterocycles. The fourth-order valence-electron chi connectivity index (χ4n) is 3.64. The van der Waals surface area contributed by atoms with Crippen LogP contribution in [0.2, 0.25) is 0 Å². The van der Waals surface area contributed by atoms with E-state index < -0.39 is 0 Å². The van der Waals surface area contributed by atoms with Crippen LogP contribution >= 0.6 is 0 Å². The number of nitrogens with zero attached hydrogens (tertiary/aromatic N) is 3. The molecule has 1 N–H and O–H groups in total. The number of ether oxygens (including phenoxy) is 1. The Morgan fingerprint density at radius 3 is 2.72 bits per heavy atom. The number of likely N-dealkylation sites (tertiary alicyclic amines) is 1. The largest absolute Gasteiger partial charge is 0.373 e. The Bertz CT molecular complexity index is 704. The first kappa shape index (κ1) is 16.3. The van der Waals surface area contributed by atoms with Gasteiger partial charge in [0.25, 0.3) is 0 Å². The number of aromatic nitrogens is 2. The molecule has 6 heteroatoms. The van der Waals surface area contributed by atoms with Crippen LogP contribution in [0.25, 0.3) is 5.69 Å². The zero-order chi connectivity index (χ0) is 17.1. The first-order valence-corrected chi connectivity index (χ1v) is 8.93. The molecule has 132 valence electrons. The number of imidazole rings is 1. The molecule has 3 heterocycles. The zero-order valence-electron chi connectivity index (χ0n) is 14.4. The number of rotatable bonds is 3. The summed E-state index contributed by atoms with van der Waals surface area (Å²) in [6.45, 7) is 4.14. The smallest absolute Gasteiger partial charge is 0.222 e. The van der Waals surface area contributed by atoms with Gasteiger partial charge in [0.2, 0.25) is 5.91 Å². The monoisotopic (exact) mass is 340 g/mol. The fraction of sp³-hybridized carbons (Fsp3) is 0.474. The molecule has 0 atom stereocenters. The molecule has 1 spiro atoms. The second-order valence-corrected chi connectivity index (χ2v) is 6.97. The van der Waals surface area contributed by atoms with E-state index in [2.05, 4.69) is 39.5 Å². The Morgan fingerprint density at radius 2 is 2.00 bits per heavy atom. The summed E-state index contributed by atoms with van der Waals surface area (Å²) in [5.41, 5.74) is 2.28. The lowest BCUT2D eigenvalue weighted by Gasteiger charge is -2.40. The molecular weight excluding hydrogens is 316 g/mol. The van der Waals surface area contributed by atoms with Crippen LogP contribution in [0.3, 0.4) is 0 Å². The average Bonchev–Trinajstić information content (AvgIpc) is 3.11. The molecule has 25 heavy (non-hydrogen) atoms. The Kier molecular flexibility index (Phi) is 4.55. The minimum Gasteiger partial charge on any atom is -0.373 e. The summed E-state index contributed by atoms with van der Waals surface area (Å²) in [6.07, 6.45) is 7.97. The van der Waals surface area contributed by atoms with Gasteiger partial charge in [-0.15, -0.1) is 0 Å². The lowest BCUT2D eigenvalue weighted by atomic mass is 9.90. The second-order valence-electron chi connectivity index (χ2n) is 6.97. The Labute approximate surface area is 147 Å². The lowest BCUT2D eigenvalue weighted by Crippen LogP contribution is -2.50. The second kappa shape index (κ2) is 6.98. The van der Waals surface area contributed by atoms with Crippen molar-refractivity contribution >= 4 is 5.91 Å². The van der Waals surface area contributed by atoms with Gasteiger partial charge in [0, 0.05) is 50.7 Å². The fourth-order valence-corrected chi connectivity index (χ4v) is 3.64. The van der Waals surface area contributed by atoms with Crippen LogP contribution in [0.1, 0.15) is 24.8 Å². The summed E-state index contributed by atoms with van der Waals surface area (Å²) in [7, 11) is 0. The van der Waals surface area contributed by atoms with Gasteiger partial charge < -0.3 is 14.6 Å². The van der Waals surface area contributed by atoms with Crippen molar-refractivity contribution in [2.45, 2.75) is 31.4 Å². The van der Waals surface area contributed by atoms with E-state index in [-0.39, 0.29) is 11.5 Å². The van der Waals surface area contributed by atoms with Gasteiger partial charge in [0.05, 0.1) is 18.5 Å². The third kappa shape index (κ3) is 3.75. The molecule has 0 radical (unpaired) electrons. The summed E-state index contributed by atoms with van der Waals surface area (Å²) in [5, 5.41) is 3.00. The quantitative estimate of drug-likeness (QED) is 0.925. The Morgan fingerprint density at radius 1 is 1.20 bits per heavy atom. The molecule has 2 aliphatic rings. The van der Waals surface area contributed by atoms with Crippen LogP contribution in [-0.4, -0.2) is 52.2 Å². The number of hydrogen-bond acceptors (Lipinski definition) is 4. The normalized spacial score (nSPS) is 21.0. The maximum Gasteiger partial charge on any atom is 0.222 e. The summed E-state index contributed by atoms with van der Waals surface area (Å²) >= 11 is 0. The van der Waals surface area contributed by atoms with Gasteiger partial charge >= 0.3 is 0 Å². The highest BCUT2D eigenvalue weighted by molar-refractivity contribution is 5.76. The number of benzene rings is 1. The van der Waals surface area contributed by atoms with Crippen molar-refractivity contribution in [1.82, 2.24) is 19.8 Å². The highest BCUT2D eigenvalue weighted by Crippen LogP contribution is 2.28. The zero-order valence-corrected chi connectivity index (χ0v) is 14.4. The number of carbonyl (C=O) groups excluding carboxylic acids is 1. The van der Waals surface area contributed by atoms with Crippen LogP contribution < -0.4 is 5.32 Å². The third-order valence-electron chi connectivity index (χ3n) is 5.26. The van der Waals surface area contributed by atoms with Crippen molar-refractivity contribution in [2.24, 2.45) is 0 Å². The van der Waals surface area contributed by atoms with E-state index in [1.54, 1.807) is 6.20 Å². The maximum absolute atomic E-state index is 11.5. The molecule has 2 saturated heterocycles. The van der Waals surface area contributed by atoms with Crippen molar-refractivity contribution < 1.29 is 9.53 Å². The average molecular weight is 340 g/mol. The van der Waals surface area contributed by atoms with E-state index in [1.807, 2.05) is 17.1 Å². The van der Waals surface area contributed by atoms with Gasteiger partial charge in [-0.25, -0.2) is 4.98 Å². The van der Waals surface area contributed by atoms with E-state index in [4.69, 9.17) is 4.74 Å². The van der Waals surface area contributed by atoms with Gasteiger partial charge in [-0.3, -0.25) is 9.69 Å². The molecule has 0 bridgehead atoms. The molecule has 0 aliphatic carbocycles. The van der Waals surface area contributed by atoms with E-state index in [9.17, 15) is 4.79 Å². The van der Waals surface area contributed by atoms with Crippen LogP contribution in [0.4, 0.5) is 0 Å². The molecule has 2 fully saturated rings. The van der Waals surface area contributed by atoms with Gasteiger partial charge in [0.1, 0.15) is 0 Å². The summed E-state index contributed by atoms with van der Waals surface area (Å²) in [5.74, 6) is 0.109. The number of nitrogens with one attached hydrogen (secondary N) is 1. The number of piperidine rings is 1. The molecule has 1 aromatic heterocycles. The summed E-state index contributed by atoms with van der Waals surface area (Å²) < 4.78 is 8.04. The van der Waals surface area contributed by atoms with E-state index >= 15 is 0 Å². The van der Waals surface area contributed by atoms with Crippen LogP contribution in [0.5, 0.6) is 0 Å². The molecule has 4 rings (SSSR count). The standard InChI is InChI=1S/C19H24N4O2/c24-18-5-12-25-19(14-21-18)6-9-22(10-7-19)13-16-1-3-17(4-2-16)23-11-8-20-15-23/h1-4,8,11,15H,5-7,9-10,12-14H2,(H,21,24). The van der Waals surface area contributed by atoms with Crippen LogP contribution in [0.15, 0.2) is 43.0 Å². The SMILES string of the molecule is O=C1CCOC2(CCN(Cc3ccc(-n4ccnc4)cc3)CC2)CN1. The highest BCUT2D eigenvalue weighted by atomic mass is 16.5. The summed E-state index contributed by atoms with van der Waals surface area (Å²) in [6, 6.07) is 8.63. The van der Waals surface area contributed by atoms with Crippen molar-refractivity contribution in [1.29, 1.82) is 0 Å². The Balaban J connectivity index is 1.33. The third-order valence-corrected chi connectivity index (χ3v) is 5.26. The van der Waals surface area contributed by atoms with Gasteiger partial charge in [0.15, 0.2) is 0 Å². The number of hydrogen-bond donors (Lipinski definition) is 1. The Hall–Kier alpha value is -2.18. The van der Waals surface area contributed by atoms with E-state index in [0.717, 1.165) is 38.2 Å². The molecule has 6 nitrogen and oxygen atoms in total. The van der Waals surface area contributed by atoms with Crippen molar-refractivity contribution in [3.8, 4) is 5.69 Å². The first-order chi connectivity index (χ1) is 12.2. The van der Waals surface area contributed by atoms with Crippen molar-refractivity contribution in [3.63, 3.8) is 0 Å². The number of carbonyl (C=O) groups is 1. The molecule has 0 saturated carbocycles. The molecule has 1 aromatic carbocycles. The topological polar surface area (TPSA) is 59.4 Å². The molecular formula is C19H24N4O2. The van der Waals surface area contributed by atoms with Gasteiger partial charge in [-0.05, 0) is 30.5 Å². The van der Waals surface area contributed by atoms with E-state index in [0.29, 0.717) is 19.6 Å². The highest BCUT2D eigenvalue weighted by Gasteiger charge is 2.37. The van der Waals surface area contributed by atoms with Crippen LogP contribution in [-0.2, 0) is 16.1 Å². The minimum atomic E-state index is -0.159. The predicted molar refractivity (Wildman–Crippen MR) is 94.4 cm³/mol. The predicted octanol–water partition coefficient (Wildman–Crippen LogP) is 1.74. The maximum atomic E-state index is 11.5. The minimum absolute atomic E-state index is 0.109. The molecule has 2 aromatic rings. The van der Waals surface area contributed by atoms with Crippen LogP contribution in [0, 0.1) is 0 Å². The molecule has 0 unspecified atom stereocenters. The van der Waals surface area contributed by atoms with Crippen molar-refractivity contribution in [2.75, 3.05) is 26.2 Å². The first-order valence-electron chi connectivity index (χ1n) is 8.93. The molecule has 1 amide bonds. The summed E-state index contributed by atoms with van der Waals surface area (Å²) in [4.78, 5) is 18.1.